The molecule has 2 aliphatic rings. The highest BCUT2D eigenvalue weighted by atomic mass is 15.2. The highest BCUT2D eigenvalue weighted by molar-refractivity contribution is 4.82. The Morgan fingerprint density at radius 2 is 2.06 bits per heavy atom. The zero-order chi connectivity index (χ0) is 12.3. The summed E-state index contributed by atoms with van der Waals surface area (Å²) >= 11 is 0. The highest BCUT2D eigenvalue weighted by Crippen LogP contribution is 2.27. The highest BCUT2D eigenvalue weighted by Gasteiger charge is 2.26. The maximum atomic E-state index is 6.14. The van der Waals surface area contributed by atoms with E-state index in [1.807, 2.05) is 0 Å². The molecule has 3 nitrogen and oxygen atoms in total. The lowest BCUT2D eigenvalue weighted by atomic mass is 9.98. The van der Waals surface area contributed by atoms with Crippen molar-refractivity contribution < 1.29 is 0 Å². The van der Waals surface area contributed by atoms with Gasteiger partial charge in [0.1, 0.15) is 0 Å². The first-order valence-electron chi connectivity index (χ1n) is 7.31. The van der Waals surface area contributed by atoms with Crippen LogP contribution in [0.4, 0.5) is 0 Å². The predicted octanol–water partition coefficient (Wildman–Crippen LogP) is 1.53. The van der Waals surface area contributed by atoms with E-state index >= 15 is 0 Å². The van der Waals surface area contributed by atoms with E-state index in [4.69, 9.17) is 5.73 Å². The average Bonchev–Trinajstić information content (AvgIpc) is 2.72. The molecule has 0 aromatic heterocycles. The van der Waals surface area contributed by atoms with Gasteiger partial charge in [0.2, 0.25) is 0 Å². The summed E-state index contributed by atoms with van der Waals surface area (Å²) in [6, 6.07) is 1.25. The lowest BCUT2D eigenvalue weighted by Gasteiger charge is -2.36. The average molecular weight is 239 g/mol. The molecule has 3 unspecified atom stereocenters. The molecule has 100 valence electrons. The molecule has 0 radical (unpaired) electrons. The Hall–Kier alpha value is -0.120. The maximum absolute atomic E-state index is 6.14. The van der Waals surface area contributed by atoms with Crippen LogP contribution in [0.25, 0.3) is 0 Å². The first-order chi connectivity index (χ1) is 8.16. The van der Waals surface area contributed by atoms with Crippen LogP contribution in [0, 0.1) is 5.92 Å². The third-order valence-electron chi connectivity index (χ3n) is 4.79. The van der Waals surface area contributed by atoms with E-state index in [9.17, 15) is 0 Å². The van der Waals surface area contributed by atoms with Crippen molar-refractivity contribution in [1.82, 2.24) is 9.80 Å². The fourth-order valence-corrected chi connectivity index (χ4v) is 3.47. The predicted molar refractivity (Wildman–Crippen MR) is 73.1 cm³/mol. The van der Waals surface area contributed by atoms with Gasteiger partial charge in [-0.1, -0.05) is 6.42 Å². The van der Waals surface area contributed by atoms with Gasteiger partial charge in [-0.15, -0.1) is 0 Å². The topological polar surface area (TPSA) is 32.5 Å². The van der Waals surface area contributed by atoms with Gasteiger partial charge in [-0.3, -0.25) is 0 Å². The van der Waals surface area contributed by atoms with Crippen LogP contribution in [0.1, 0.15) is 38.5 Å². The quantitative estimate of drug-likeness (QED) is 0.807. The number of nitrogens with two attached hydrogens (primary N) is 1. The Bertz CT molecular complexity index is 232. The SMILES string of the molecule is CN1CCCC(N(C)CCC2CCCC2N)C1. The van der Waals surface area contributed by atoms with Gasteiger partial charge in [-0.05, 0) is 65.2 Å². The number of piperidine rings is 1. The standard InChI is InChI=1S/C14H29N3/c1-16-9-4-6-13(11-16)17(2)10-8-12-5-3-7-14(12)15/h12-14H,3-11,15H2,1-2H3. The summed E-state index contributed by atoms with van der Waals surface area (Å²) in [5.41, 5.74) is 6.14. The van der Waals surface area contributed by atoms with Crippen molar-refractivity contribution in [3.8, 4) is 0 Å². The Balaban J connectivity index is 1.71. The van der Waals surface area contributed by atoms with Gasteiger partial charge < -0.3 is 15.5 Å². The molecule has 0 aromatic rings. The van der Waals surface area contributed by atoms with Crippen LogP contribution in [-0.4, -0.2) is 55.6 Å². The van der Waals surface area contributed by atoms with Gasteiger partial charge in [-0.25, -0.2) is 0 Å². The van der Waals surface area contributed by atoms with Crippen molar-refractivity contribution >= 4 is 0 Å². The van der Waals surface area contributed by atoms with Crippen LogP contribution in [0.2, 0.25) is 0 Å². The van der Waals surface area contributed by atoms with E-state index in [-0.39, 0.29) is 0 Å². The third kappa shape index (κ3) is 3.67. The molecule has 0 spiro atoms. The summed E-state index contributed by atoms with van der Waals surface area (Å²) < 4.78 is 0. The third-order valence-corrected chi connectivity index (χ3v) is 4.79. The lowest BCUT2D eigenvalue weighted by Crippen LogP contribution is -2.45. The first kappa shape index (κ1) is 13.3. The molecule has 3 heteroatoms. The Morgan fingerprint density at radius 1 is 1.24 bits per heavy atom. The lowest BCUT2D eigenvalue weighted by molar-refractivity contribution is 0.128. The summed E-state index contributed by atoms with van der Waals surface area (Å²) in [6.45, 7) is 3.75. The zero-order valence-electron chi connectivity index (χ0n) is 11.6. The molecule has 1 saturated carbocycles. The zero-order valence-corrected chi connectivity index (χ0v) is 11.6. The fourth-order valence-electron chi connectivity index (χ4n) is 3.47. The van der Waals surface area contributed by atoms with Crippen molar-refractivity contribution in [2.75, 3.05) is 33.7 Å². The smallest absolute Gasteiger partial charge is 0.0220 e. The number of hydrogen-bond donors (Lipinski definition) is 1. The van der Waals surface area contributed by atoms with Gasteiger partial charge in [0.15, 0.2) is 0 Å². The molecule has 2 fully saturated rings. The van der Waals surface area contributed by atoms with Crippen LogP contribution in [0.5, 0.6) is 0 Å². The fraction of sp³-hybridized carbons (Fsp3) is 1.00. The van der Waals surface area contributed by atoms with E-state index in [0.29, 0.717) is 6.04 Å². The summed E-state index contributed by atoms with van der Waals surface area (Å²) in [4.78, 5) is 5.03. The molecule has 17 heavy (non-hydrogen) atoms. The number of likely N-dealkylation sites (N-methyl/N-ethyl adjacent to an activating group) is 2. The van der Waals surface area contributed by atoms with Crippen LogP contribution in [0.3, 0.4) is 0 Å². The van der Waals surface area contributed by atoms with Crippen molar-refractivity contribution in [2.24, 2.45) is 11.7 Å². The van der Waals surface area contributed by atoms with E-state index < -0.39 is 0 Å². The van der Waals surface area contributed by atoms with Crippen molar-refractivity contribution in [2.45, 2.75) is 50.6 Å². The molecular weight excluding hydrogens is 210 g/mol. The van der Waals surface area contributed by atoms with Crippen molar-refractivity contribution in [3.05, 3.63) is 0 Å². The second-order valence-corrected chi connectivity index (χ2v) is 6.18. The molecule has 1 aliphatic heterocycles. The second-order valence-electron chi connectivity index (χ2n) is 6.18. The number of nitrogens with zero attached hydrogens (tertiary/aromatic N) is 2. The summed E-state index contributed by atoms with van der Waals surface area (Å²) in [6.07, 6.45) is 7.99. The minimum Gasteiger partial charge on any atom is -0.327 e. The van der Waals surface area contributed by atoms with E-state index in [2.05, 4.69) is 23.9 Å². The Labute approximate surface area is 106 Å². The summed E-state index contributed by atoms with van der Waals surface area (Å²) in [5.74, 6) is 0.791. The van der Waals surface area contributed by atoms with E-state index in [0.717, 1.165) is 12.0 Å². The number of hydrogen-bond acceptors (Lipinski definition) is 3. The monoisotopic (exact) mass is 239 g/mol. The van der Waals surface area contributed by atoms with Crippen LogP contribution < -0.4 is 5.73 Å². The molecule has 1 saturated heterocycles. The molecular formula is C14H29N3. The maximum Gasteiger partial charge on any atom is 0.0220 e. The molecule has 1 heterocycles. The molecule has 2 rings (SSSR count). The van der Waals surface area contributed by atoms with Gasteiger partial charge >= 0.3 is 0 Å². The minimum absolute atomic E-state index is 0.484. The summed E-state index contributed by atoms with van der Waals surface area (Å²) in [7, 11) is 4.54. The van der Waals surface area contributed by atoms with Crippen molar-refractivity contribution in [1.29, 1.82) is 0 Å². The summed E-state index contributed by atoms with van der Waals surface area (Å²) in [5, 5.41) is 0. The molecule has 1 aliphatic carbocycles. The molecule has 0 amide bonds. The van der Waals surface area contributed by atoms with Crippen LogP contribution in [-0.2, 0) is 0 Å². The normalized spacial score (nSPS) is 35.6. The van der Waals surface area contributed by atoms with Gasteiger partial charge in [0, 0.05) is 18.6 Å². The van der Waals surface area contributed by atoms with Gasteiger partial charge in [0.25, 0.3) is 0 Å². The van der Waals surface area contributed by atoms with E-state index in [1.54, 1.807) is 0 Å². The Morgan fingerprint density at radius 3 is 2.71 bits per heavy atom. The number of likely N-dealkylation sites (tertiary alicyclic amines) is 1. The minimum atomic E-state index is 0.484. The molecule has 2 N–H and O–H groups in total. The van der Waals surface area contributed by atoms with Crippen molar-refractivity contribution in [3.63, 3.8) is 0 Å². The van der Waals surface area contributed by atoms with Gasteiger partial charge in [-0.2, -0.15) is 0 Å². The van der Waals surface area contributed by atoms with Crippen LogP contribution in [0.15, 0.2) is 0 Å². The van der Waals surface area contributed by atoms with E-state index in [1.165, 1.54) is 58.2 Å². The first-order valence-corrected chi connectivity index (χ1v) is 7.31. The molecule has 0 aromatic carbocycles. The molecule has 0 bridgehead atoms. The van der Waals surface area contributed by atoms with Crippen LogP contribution >= 0.6 is 0 Å². The molecule has 3 atom stereocenters. The largest absolute Gasteiger partial charge is 0.327 e. The number of rotatable bonds is 4. The van der Waals surface area contributed by atoms with Gasteiger partial charge in [0.05, 0.1) is 0 Å². The second kappa shape index (κ2) is 6.17. The Kier molecular flexibility index (Phi) is 4.83.